The Bertz CT molecular complexity index is 334. The molecule has 0 fully saturated rings. The van der Waals surface area contributed by atoms with Crippen LogP contribution in [0.3, 0.4) is 0 Å². The van der Waals surface area contributed by atoms with Gasteiger partial charge in [-0.05, 0) is 29.9 Å². The molecule has 0 aliphatic rings. The highest BCUT2D eigenvalue weighted by Gasteiger charge is 2.07. The molecule has 14 heavy (non-hydrogen) atoms. The molecule has 2 nitrogen and oxygen atoms in total. The van der Waals surface area contributed by atoms with E-state index < -0.39 is 0 Å². The largest absolute Gasteiger partial charge is 0.504 e. The van der Waals surface area contributed by atoms with Gasteiger partial charge in [0.15, 0.2) is 11.5 Å². The van der Waals surface area contributed by atoms with Gasteiger partial charge in [-0.25, -0.2) is 0 Å². The molecule has 3 heteroatoms. The van der Waals surface area contributed by atoms with E-state index in [1.54, 1.807) is 6.08 Å². The summed E-state index contributed by atoms with van der Waals surface area (Å²) in [4.78, 5) is 0.710. The zero-order chi connectivity index (χ0) is 10.6. The van der Waals surface area contributed by atoms with Crippen molar-refractivity contribution >= 4 is 17.8 Å². The second kappa shape index (κ2) is 4.96. The predicted octanol–water partition coefficient (Wildman–Crippen LogP) is 3.24. The maximum Gasteiger partial charge on any atom is 0.171 e. The summed E-state index contributed by atoms with van der Waals surface area (Å²) in [6.07, 6.45) is 2.68. The summed E-state index contributed by atoms with van der Waals surface area (Å²) < 4.78 is 0. The Labute approximate surface area is 88.3 Å². The van der Waals surface area contributed by atoms with Crippen LogP contribution in [-0.2, 0) is 0 Å². The number of hydrogen-bond acceptors (Lipinski definition) is 3. The van der Waals surface area contributed by atoms with Gasteiger partial charge in [-0.2, -0.15) is 0 Å². The van der Waals surface area contributed by atoms with E-state index in [1.165, 1.54) is 17.8 Å². The molecule has 0 aliphatic carbocycles. The van der Waals surface area contributed by atoms with Crippen molar-refractivity contribution in [1.29, 1.82) is 0 Å². The Morgan fingerprint density at radius 2 is 2.14 bits per heavy atom. The molecule has 2 N–H and O–H groups in total. The van der Waals surface area contributed by atoms with Gasteiger partial charge in [0.25, 0.3) is 0 Å². The van der Waals surface area contributed by atoms with Gasteiger partial charge in [-0.15, -0.1) is 11.8 Å². The first-order chi connectivity index (χ1) is 6.69. The summed E-state index contributed by atoms with van der Waals surface area (Å²) in [5.74, 6) is 0.809. The van der Waals surface area contributed by atoms with Crippen LogP contribution in [0.2, 0.25) is 0 Å². The van der Waals surface area contributed by atoms with Gasteiger partial charge in [0.05, 0.1) is 4.90 Å². The SMILES string of the molecule is C=Cc1cc(O)c(O)c(SCCC)c1. The topological polar surface area (TPSA) is 40.5 Å². The molecule has 0 unspecified atom stereocenters. The van der Waals surface area contributed by atoms with E-state index in [0.29, 0.717) is 4.90 Å². The smallest absolute Gasteiger partial charge is 0.171 e. The lowest BCUT2D eigenvalue weighted by molar-refractivity contribution is 0.395. The molecular weight excluding hydrogens is 196 g/mol. The minimum absolute atomic E-state index is 0.0333. The Morgan fingerprint density at radius 1 is 1.43 bits per heavy atom. The fourth-order valence-corrected chi connectivity index (χ4v) is 1.94. The molecule has 0 radical (unpaired) electrons. The lowest BCUT2D eigenvalue weighted by Crippen LogP contribution is -1.81. The summed E-state index contributed by atoms with van der Waals surface area (Å²) in [5.41, 5.74) is 0.818. The predicted molar refractivity (Wildman–Crippen MR) is 60.9 cm³/mol. The van der Waals surface area contributed by atoms with E-state index in [9.17, 15) is 10.2 Å². The van der Waals surface area contributed by atoms with Gasteiger partial charge < -0.3 is 10.2 Å². The van der Waals surface area contributed by atoms with E-state index in [1.807, 2.05) is 6.07 Å². The average molecular weight is 210 g/mol. The molecule has 1 aromatic carbocycles. The second-order valence-electron chi connectivity index (χ2n) is 2.94. The standard InChI is InChI=1S/C11H14O2S/c1-3-5-14-10-7-8(4-2)6-9(12)11(10)13/h4,6-7,12-13H,2-3,5H2,1H3. The molecule has 0 bridgehead atoms. The van der Waals surface area contributed by atoms with Crippen LogP contribution in [0, 0.1) is 0 Å². The first-order valence-electron chi connectivity index (χ1n) is 4.50. The molecule has 0 saturated heterocycles. The Morgan fingerprint density at radius 3 is 2.71 bits per heavy atom. The Balaban J connectivity index is 3.00. The van der Waals surface area contributed by atoms with Crippen LogP contribution < -0.4 is 0 Å². The molecule has 0 amide bonds. The van der Waals surface area contributed by atoms with Gasteiger partial charge in [0.2, 0.25) is 0 Å². The molecule has 0 saturated carbocycles. The first-order valence-corrected chi connectivity index (χ1v) is 5.48. The van der Waals surface area contributed by atoms with Crippen molar-refractivity contribution in [2.45, 2.75) is 18.2 Å². The minimum atomic E-state index is -0.0824. The van der Waals surface area contributed by atoms with Gasteiger partial charge >= 0.3 is 0 Å². The number of phenolic OH excluding ortho intramolecular Hbond substituents is 2. The van der Waals surface area contributed by atoms with E-state index in [2.05, 4.69) is 13.5 Å². The molecule has 1 aromatic rings. The van der Waals surface area contributed by atoms with Crippen LogP contribution >= 0.6 is 11.8 Å². The molecule has 0 heterocycles. The summed E-state index contributed by atoms with van der Waals surface area (Å²) in [6.45, 7) is 5.69. The number of phenols is 2. The van der Waals surface area contributed by atoms with Crippen LogP contribution in [0.4, 0.5) is 0 Å². The quantitative estimate of drug-likeness (QED) is 0.592. The number of rotatable bonds is 4. The fourth-order valence-electron chi connectivity index (χ4n) is 1.05. The van der Waals surface area contributed by atoms with Crippen molar-refractivity contribution in [3.8, 4) is 11.5 Å². The van der Waals surface area contributed by atoms with Crippen LogP contribution in [0.25, 0.3) is 6.08 Å². The highest BCUT2D eigenvalue weighted by molar-refractivity contribution is 7.99. The number of aromatic hydroxyl groups is 2. The molecule has 0 aliphatic heterocycles. The average Bonchev–Trinajstić information content (AvgIpc) is 2.20. The van der Waals surface area contributed by atoms with Gasteiger partial charge in [0.1, 0.15) is 0 Å². The third-order valence-corrected chi connectivity index (χ3v) is 3.01. The molecule has 0 aromatic heterocycles. The highest BCUT2D eigenvalue weighted by Crippen LogP contribution is 2.37. The highest BCUT2D eigenvalue weighted by atomic mass is 32.2. The summed E-state index contributed by atoms with van der Waals surface area (Å²) >= 11 is 1.53. The molecule has 1 rings (SSSR count). The van der Waals surface area contributed by atoms with Crippen LogP contribution in [-0.4, -0.2) is 16.0 Å². The normalized spacial score (nSPS) is 10.1. The monoisotopic (exact) mass is 210 g/mol. The zero-order valence-corrected chi connectivity index (χ0v) is 8.97. The Hall–Kier alpha value is -1.09. The van der Waals surface area contributed by atoms with Crippen molar-refractivity contribution in [2.75, 3.05) is 5.75 Å². The van der Waals surface area contributed by atoms with Crippen molar-refractivity contribution in [3.63, 3.8) is 0 Å². The third-order valence-electron chi connectivity index (χ3n) is 1.77. The van der Waals surface area contributed by atoms with E-state index in [-0.39, 0.29) is 11.5 Å². The molecular formula is C11H14O2S. The van der Waals surface area contributed by atoms with Crippen molar-refractivity contribution in [1.82, 2.24) is 0 Å². The van der Waals surface area contributed by atoms with Gasteiger partial charge in [-0.1, -0.05) is 19.6 Å². The summed E-state index contributed by atoms with van der Waals surface area (Å²) in [7, 11) is 0. The summed E-state index contributed by atoms with van der Waals surface area (Å²) in [5, 5.41) is 18.9. The summed E-state index contributed by atoms with van der Waals surface area (Å²) in [6, 6.07) is 3.32. The number of thioether (sulfide) groups is 1. The fraction of sp³-hybridized carbons (Fsp3) is 0.273. The molecule has 0 spiro atoms. The third kappa shape index (κ3) is 2.45. The van der Waals surface area contributed by atoms with E-state index >= 15 is 0 Å². The minimum Gasteiger partial charge on any atom is -0.504 e. The van der Waals surface area contributed by atoms with Crippen molar-refractivity contribution < 1.29 is 10.2 Å². The van der Waals surface area contributed by atoms with Gasteiger partial charge in [0, 0.05) is 0 Å². The first kappa shape index (κ1) is 11.0. The Kier molecular flexibility index (Phi) is 3.89. The van der Waals surface area contributed by atoms with Crippen LogP contribution in [0.5, 0.6) is 11.5 Å². The molecule has 76 valence electrons. The lowest BCUT2D eigenvalue weighted by atomic mass is 10.2. The van der Waals surface area contributed by atoms with E-state index in [4.69, 9.17) is 0 Å². The molecule has 0 atom stereocenters. The van der Waals surface area contributed by atoms with Gasteiger partial charge in [-0.3, -0.25) is 0 Å². The second-order valence-corrected chi connectivity index (χ2v) is 4.08. The van der Waals surface area contributed by atoms with E-state index in [0.717, 1.165) is 17.7 Å². The maximum atomic E-state index is 9.54. The van der Waals surface area contributed by atoms with Crippen LogP contribution in [0.15, 0.2) is 23.6 Å². The zero-order valence-electron chi connectivity index (χ0n) is 8.16. The maximum absolute atomic E-state index is 9.54. The number of benzene rings is 1. The van der Waals surface area contributed by atoms with Crippen molar-refractivity contribution in [3.05, 3.63) is 24.3 Å². The lowest BCUT2D eigenvalue weighted by Gasteiger charge is -2.06. The van der Waals surface area contributed by atoms with Crippen LogP contribution in [0.1, 0.15) is 18.9 Å². The number of hydrogen-bond donors (Lipinski definition) is 2. The van der Waals surface area contributed by atoms with Crippen molar-refractivity contribution in [2.24, 2.45) is 0 Å².